The van der Waals surface area contributed by atoms with Crippen LogP contribution in [0.15, 0.2) is 179 Å². The Morgan fingerprint density at radius 3 is 1.60 bits per heavy atom. The maximum absolute atomic E-state index is 3.44. The average molecular weight is 966 g/mol. The summed E-state index contributed by atoms with van der Waals surface area (Å²) in [5.74, 6) is 0.380. The normalized spacial score (nSPS) is 37.1. The first-order valence-electron chi connectivity index (χ1n) is 21.0. The molecule has 0 radical (unpaired) electrons. The Morgan fingerprint density at radius 1 is 0.552 bits per heavy atom. The van der Waals surface area contributed by atoms with Crippen LogP contribution >= 0.6 is 0 Å². The SMILES string of the molecule is CC1=CC=CC2[CH]([Hf+2]([C]3=CC=CC3)=[C](c3cccc4ccccc34)c3cccc4ccccc34)C3(C)C4(C)C=CC=CC4(C)C4(C)C=CC=CC4(C)C3(C)C12C.[Cl-].[Cl-]. The van der Waals surface area contributed by atoms with Crippen LogP contribution in [0.4, 0.5) is 0 Å². The third-order valence-electron chi connectivity index (χ3n) is 18.3. The zero-order chi connectivity index (χ0) is 38.9. The molecule has 9 atom stereocenters. The summed E-state index contributed by atoms with van der Waals surface area (Å²) in [5, 5.41) is 5.43. The third kappa shape index (κ3) is 4.60. The first-order chi connectivity index (χ1) is 26.8. The van der Waals surface area contributed by atoms with Crippen LogP contribution in [-0.4, -0.2) is 3.26 Å². The molecule has 0 bridgehead atoms. The van der Waals surface area contributed by atoms with E-state index in [9.17, 15) is 0 Å². The molecule has 0 N–H and O–H groups in total. The molecule has 2 saturated carbocycles. The zero-order valence-electron chi connectivity index (χ0n) is 35.3. The summed E-state index contributed by atoms with van der Waals surface area (Å²) in [6.45, 7) is 21.5. The van der Waals surface area contributed by atoms with E-state index < -0.39 is 21.0 Å². The van der Waals surface area contributed by atoms with E-state index in [4.69, 9.17) is 0 Å². The van der Waals surface area contributed by atoms with Gasteiger partial charge in [-0.25, -0.2) is 0 Å². The Bertz CT molecular complexity index is 2570. The molecule has 4 aromatic carbocycles. The second kappa shape index (κ2) is 13.8. The van der Waals surface area contributed by atoms with Crippen molar-refractivity contribution in [3.63, 3.8) is 0 Å². The number of halogens is 2. The Labute approximate surface area is 367 Å². The van der Waals surface area contributed by atoms with Crippen LogP contribution in [0.5, 0.6) is 0 Å². The number of benzene rings is 4. The van der Waals surface area contributed by atoms with Gasteiger partial charge in [-0.15, -0.1) is 0 Å². The molecule has 0 spiro atoms. The molecule has 6 aliphatic carbocycles. The molecule has 9 unspecified atom stereocenters. The van der Waals surface area contributed by atoms with Crippen molar-refractivity contribution in [2.24, 2.45) is 43.8 Å². The summed E-state index contributed by atoms with van der Waals surface area (Å²) in [7, 11) is 0. The monoisotopic (exact) mass is 966 g/mol. The van der Waals surface area contributed by atoms with E-state index in [1.165, 1.54) is 32.7 Å². The number of hydrogen-bond donors (Lipinski definition) is 0. The van der Waals surface area contributed by atoms with E-state index >= 15 is 0 Å². The van der Waals surface area contributed by atoms with Crippen molar-refractivity contribution in [3.05, 3.63) is 190 Å². The molecule has 3 heteroatoms. The number of fused-ring (bicyclic) bond motifs is 10. The van der Waals surface area contributed by atoms with Crippen LogP contribution in [-0.2, 0) is 21.0 Å². The van der Waals surface area contributed by atoms with Crippen molar-refractivity contribution < 1.29 is 45.8 Å². The minimum atomic E-state index is -3.44. The second-order valence-corrected chi connectivity index (χ2v) is 28.5. The fourth-order valence-corrected chi connectivity index (χ4v) is 31.3. The van der Waals surface area contributed by atoms with E-state index in [-0.39, 0.29) is 62.7 Å². The summed E-state index contributed by atoms with van der Waals surface area (Å²) >= 11 is -3.44. The molecule has 0 saturated heterocycles. The average Bonchev–Trinajstić information content (AvgIpc) is 3.80. The smallest absolute Gasteiger partial charge is 1.00 e. The zero-order valence-corrected chi connectivity index (χ0v) is 40.4. The fourth-order valence-electron chi connectivity index (χ4n) is 14.7. The first-order valence-corrected chi connectivity index (χ1v) is 26.7. The van der Waals surface area contributed by atoms with Gasteiger partial charge in [-0.3, -0.25) is 0 Å². The van der Waals surface area contributed by atoms with Crippen molar-refractivity contribution in [1.82, 2.24) is 0 Å². The van der Waals surface area contributed by atoms with Crippen LogP contribution < -0.4 is 24.8 Å². The van der Waals surface area contributed by atoms with Gasteiger partial charge < -0.3 is 24.8 Å². The molecular weight excluding hydrogens is 910 g/mol. The molecule has 2 fully saturated rings. The number of rotatable bonds is 4. The minimum Gasteiger partial charge on any atom is -1.00 e. The molecule has 6 aliphatic rings. The second-order valence-electron chi connectivity index (χ2n) is 19.2. The van der Waals surface area contributed by atoms with Gasteiger partial charge in [0.15, 0.2) is 0 Å². The van der Waals surface area contributed by atoms with Gasteiger partial charge in [-0.05, 0) is 0 Å². The van der Waals surface area contributed by atoms with Crippen LogP contribution in [0.2, 0.25) is 3.67 Å². The molecule has 0 amide bonds. The summed E-state index contributed by atoms with van der Waals surface area (Å²) in [6, 6.07) is 32.7. The van der Waals surface area contributed by atoms with Gasteiger partial charge in [0, 0.05) is 0 Å². The molecular formula is C55H56Cl2Hf. The molecule has 0 aliphatic heterocycles. The topological polar surface area (TPSA) is 0 Å². The summed E-state index contributed by atoms with van der Waals surface area (Å²) in [6.07, 6.45) is 36.4. The fraction of sp³-hybridized carbons (Fsp3) is 0.327. The quantitative estimate of drug-likeness (QED) is 0.181. The van der Waals surface area contributed by atoms with Crippen LogP contribution in [0, 0.1) is 43.8 Å². The predicted octanol–water partition coefficient (Wildman–Crippen LogP) is 8.28. The Kier molecular flexibility index (Phi) is 9.87. The molecule has 0 heterocycles. The third-order valence-corrected chi connectivity index (χ3v) is 31.6. The van der Waals surface area contributed by atoms with Crippen LogP contribution in [0.3, 0.4) is 0 Å². The van der Waals surface area contributed by atoms with E-state index in [1.807, 2.05) is 0 Å². The van der Waals surface area contributed by atoms with Gasteiger partial charge >= 0.3 is 345 Å². The number of allylic oxidation sites excluding steroid dienone is 16. The summed E-state index contributed by atoms with van der Waals surface area (Å²) < 4.78 is 3.90. The predicted molar refractivity (Wildman–Crippen MR) is 236 cm³/mol. The Balaban J connectivity index is 0.00000235. The van der Waals surface area contributed by atoms with Gasteiger partial charge in [0.05, 0.1) is 0 Å². The summed E-state index contributed by atoms with van der Waals surface area (Å²) in [4.78, 5) is 0. The molecule has 10 rings (SSSR count). The van der Waals surface area contributed by atoms with Crippen molar-refractivity contribution in [2.75, 3.05) is 0 Å². The summed E-state index contributed by atoms with van der Waals surface area (Å²) in [5.41, 5.74) is 3.58. The van der Waals surface area contributed by atoms with Crippen molar-refractivity contribution in [3.8, 4) is 0 Å². The molecule has 0 aromatic heterocycles. The minimum absolute atomic E-state index is 0. The maximum atomic E-state index is 2.83. The van der Waals surface area contributed by atoms with Gasteiger partial charge in [0.2, 0.25) is 0 Å². The van der Waals surface area contributed by atoms with E-state index in [1.54, 1.807) is 12.2 Å². The Morgan fingerprint density at radius 2 is 1.05 bits per heavy atom. The van der Waals surface area contributed by atoms with Gasteiger partial charge in [0.1, 0.15) is 0 Å². The first kappa shape index (κ1) is 41.4. The van der Waals surface area contributed by atoms with Gasteiger partial charge in [-0.1, -0.05) is 0 Å². The van der Waals surface area contributed by atoms with E-state index in [0.29, 0.717) is 9.59 Å². The molecule has 4 aromatic rings. The van der Waals surface area contributed by atoms with Crippen molar-refractivity contribution in [2.45, 2.75) is 65.5 Å². The van der Waals surface area contributed by atoms with Crippen LogP contribution in [0.1, 0.15) is 72.9 Å². The number of hydrogen-bond acceptors (Lipinski definition) is 0. The largest absolute Gasteiger partial charge is 1.00 e. The molecule has 294 valence electrons. The van der Waals surface area contributed by atoms with Gasteiger partial charge in [0.25, 0.3) is 0 Å². The van der Waals surface area contributed by atoms with Gasteiger partial charge in [-0.2, -0.15) is 0 Å². The molecule has 0 nitrogen and oxygen atoms in total. The van der Waals surface area contributed by atoms with E-state index in [2.05, 4.69) is 225 Å². The van der Waals surface area contributed by atoms with Crippen LogP contribution in [0.25, 0.3) is 21.5 Å². The van der Waals surface area contributed by atoms with Crippen molar-refractivity contribution >= 4 is 24.8 Å². The van der Waals surface area contributed by atoms with Crippen molar-refractivity contribution in [1.29, 1.82) is 0 Å². The van der Waals surface area contributed by atoms with E-state index in [0.717, 1.165) is 6.42 Å². The standard InChI is InChI=1S/C29H37.C21H14.C5H5.2ClH.Hf/c1-21-14-13-15-22-20-27(6)25(4)18-10-9-16-23(25,2)24(3)17-11-12-19-26(24,5)29(27,8)28(21,22)7;1-3-13-20-16(7-1)9-5-11-18(20)15-19-12-6-10-17-8-2-4-14-21(17)19;1-2-4-5-3-1;;;/h9-20,22H,1-8H3;1-14H;1-3H,4H2;2*1H;/q;;;;;+2/p-2. The Hall–Kier alpha value is -3.36. The molecule has 58 heavy (non-hydrogen) atoms. The maximum Gasteiger partial charge on any atom is -1.00 e.